The van der Waals surface area contributed by atoms with Crippen molar-refractivity contribution >= 4 is 8.56 Å². The molecule has 0 amide bonds. The zero-order chi connectivity index (χ0) is 16.4. The van der Waals surface area contributed by atoms with Crippen LogP contribution in [0.4, 0.5) is 22.0 Å². The van der Waals surface area contributed by atoms with Crippen molar-refractivity contribution in [3.63, 3.8) is 0 Å². The van der Waals surface area contributed by atoms with Crippen LogP contribution >= 0.6 is 0 Å². The lowest BCUT2D eigenvalue weighted by Crippen LogP contribution is -2.36. The second-order valence-electron chi connectivity index (χ2n) is 5.44. The second kappa shape index (κ2) is 6.84. The molecule has 0 saturated heterocycles. The Balaban J connectivity index is 2.90. The molecule has 8 heteroatoms. The molecular weight excluding hydrogens is 311 g/mol. The maximum Gasteiger partial charge on any atom is 0.332 e. The van der Waals surface area contributed by atoms with E-state index in [1.807, 2.05) is 13.8 Å². The van der Waals surface area contributed by atoms with Crippen LogP contribution in [-0.2, 0) is 15.5 Å². The van der Waals surface area contributed by atoms with E-state index in [2.05, 4.69) is 0 Å². The fourth-order valence-electron chi connectivity index (χ4n) is 1.43. The van der Waals surface area contributed by atoms with E-state index in [1.165, 1.54) is 0 Å². The standard InChI is InChI=1S/C13H17F5O2Si/c1-7(2)5-19-21(3,4)20-6-8-9(14)11(16)13(18)12(17)10(8)15/h7H,5-6H2,1-4H3. The van der Waals surface area contributed by atoms with Crippen molar-refractivity contribution in [1.82, 2.24) is 0 Å². The highest BCUT2D eigenvalue weighted by molar-refractivity contribution is 6.64. The highest BCUT2D eigenvalue weighted by Gasteiger charge is 2.30. The summed E-state index contributed by atoms with van der Waals surface area (Å²) >= 11 is 0. The third-order valence-electron chi connectivity index (χ3n) is 2.63. The predicted molar refractivity (Wildman–Crippen MR) is 69.3 cm³/mol. The van der Waals surface area contributed by atoms with Gasteiger partial charge < -0.3 is 8.85 Å². The van der Waals surface area contributed by atoms with Gasteiger partial charge in [0.1, 0.15) is 0 Å². The molecular formula is C13H17F5O2Si. The minimum Gasteiger partial charge on any atom is -0.394 e. The molecule has 2 nitrogen and oxygen atoms in total. The summed E-state index contributed by atoms with van der Waals surface area (Å²) in [5, 5.41) is 0. The summed E-state index contributed by atoms with van der Waals surface area (Å²) in [5.74, 6) is -9.65. The Morgan fingerprint density at radius 1 is 0.810 bits per heavy atom. The molecule has 0 fully saturated rings. The summed E-state index contributed by atoms with van der Waals surface area (Å²) in [5.41, 5.74) is -0.986. The monoisotopic (exact) mass is 328 g/mol. The minimum atomic E-state index is -2.72. The lowest BCUT2D eigenvalue weighted by Gasteiger charge is -2.24. The van der Waals surface area contributed by atoms with E-state index in [9.17, 15) is 22.0 Å². The molecule has 1 rings (SSSR count). The number of benzene rings is 1. The molecule has 1 aromatic carbocycles. The van der Waals surface area contributed by atoms with Gasteiger partial charge in [-0.3, -0.25) is 0 Å². The van der Waals surface area contributed by atoms with Crippen molar-refractivity contribution in [3.05, 3.63) is 34.6 Å². The fraction of sp³-hybridized carbons (Fsp3) is 0.538. The van der Waals surface area contributed by atoms with Crippen LogP contribution in [-0.4, -0.2) is 15.2 Å². The Morgan fingerprint density at radius 2 is 1.24 bits per heavy atom. The first kappa shape index (κ1) is 18.1. The van der Waals surface area contributed by atoms with E-state index in [0.717, 1.165) is 0 Å². The first-order chi connectivity index (χ1) is 9.57. The smallest absolute Gasteiger partial charge is 0.332 e. The zero-order valence-corrected chi connectivity index (χ0v) is 13.2. The van der Waals surface area contributed by atoms with E-state index in [0.29, 0.717) is 6.61 Å². The Bertz CT molecular complexity index is 491. The van der Waals surface area contributed by atoms with E-state index in [-0.39, 0.29) is 5.92 Å². The Labute approximate surface area is 121 Å². The Morgan fingerprint density at radius 3 is 1.67 bits per heavy atom. The van der Waals surface area contributed by atoms with Crippen LogP contribution in [0.1, 0.15) is 19.4 Å². The van der Waals surface area contributed by atoms with Crippen LogP contribution in [0.25, 0.3) is 0 Å². The summed E-state index contributed by atoms with van der Waals surface area (Å²) in [6.45, 7) is 6.73. The summed E-state index contributed by atoms with van der Waals surface area (Å²) in [6, 6.07) is 0. The van der Waals surface area contributed by atoms with Crippen LogP contribution in [0.2, 0.25) is 13.1 Å². The summed E-state index contributed by atoms with van der Waals surface area (Å²) in [7, 11) is -2.72. The average Bonchev–Trinajstić information content (AvgIpc) is 2.41. The summed E-state index contributed by atoms with van der Waals surface area (Å²) in [6.07, 6.45) is 0. The quantitative estimate of drug-likeness (QED) is 0.336. The lowest BCUT2D eigenvalue weighted by atomic mass is 10.2. The Kier molecular flexibility index (Phi) is 5.89. The molecule has 0 aliphatic carbocycles. The second-order valence-corrected chi connectivity index (χ2v) is 8.82. The summed E-state index contributed by atoms with van der Waals surface area (Å²) in [4.78, 5) is 0. The molecule has 0 heterocycles. The first-order valence-electron chi connectivity index (χ1n) is 6.35. The predicted octanol–water partition coefficient (Wildman–Crippen LogP) is 4.27. The molecule has 0 aliphatic heterocycles. The van der Waals surface area contributed by atoms with E-state index < -0.39 is 49.8 Å². The van der Waals surface area contributed by atoms with Crippen molar-refractivity contribution in [2.45, 2.75) is 33.5 Å². The van der Waals surface area contributed by atoms with Crippen molar-refractivity contribution in [2.24, 2.45) is 5.92 Å². The van der Waals surface area contributed by atoms with Crippen LogP contribution in [0, 0.1) is 35.0 Å². The number of hydrogen-bond donors (Lipinski definition) is 0. The van der Waals surface area contributed by atoms with Gasteiger partial charge in [-0.25, -0.2) is 22.0 Å². The first-order valence-corrected chi connectivity index (χ1v) is 9.16. The average molecular weight is 328 g/mol. The molecule has 0 aliphatic rings. The van der Waals surface area contributed by atoms with Crippen LogP contribution in [0.3, 0.4) is 0 Å². The van der Waals surface area contributed by atoms with E-state index in [4.69, 9.17) is 8.85 Å². The van der Waals surface area contributed by atoms with E-state index >= 15 is 0 Å². The van der Waals surface area contributed by atoms with Crippen molar-refractivity contribution < 1.29 is 30.8 Å². The molecule has 0 unspecified atom stereocenters. The van der Waals surface area contributed by atoms with Gasteiger partial charge in [-0.1, -0.05) is 13.8 Å². The molecule has 0 saturated carbocycles. The third kappa shape index (κ3) is 4.49. The molecule has 0 N–H and O–H groups in total. The summed E-state index contributed by atoms with van der Waals surface area (Å²) < 4.78 is 76.7. The van der Waals surface area contributed by atoms with Gasteiger partial charge in [0.2, 0.25) is 5.82 Å². The number of rotatable bonds is 6. The van der Waals surface area contributed by atoms with Crippen LogP contribution in [0.5, 0.6) is 0 Å². The molecule has 0 spiro atoms. The van der Waals surface area contributed by atoms with Gasteiger partial charge in [-0.05, 0) is 19.0 Å². The third-order valence-corrected chi connectivity index (χ3v) is 4.33. The minimum absolute atomic E-state index is 0.231. The molecule has 0 aromatic heterocycles. The van der Waals surface area contributed by atoms with E-state index in [1.54, 1.807) is 13.1 Å². The van der Waals surface area contributed by atoms with Gasteiger partial charge in [-0.2, -0.15) is 0 Å². The number of halogens is 5. The van der Waals surface area contributed by atoms with Gasteiger partial charge in [0.05, 0.1) is 12.2 Å². The van der Waals surface area contributed by atoms with Crippen LogP contribution in [0.15, 0.2) is 0 Å². The normalized spacial score (nSPS) is 12.3. The largest absolute Gasteiger partial charge is 0.394 e. The van der Waals surface area contributed by atoms with Gasteiger partial charge >= 0.3 is 8.56 Å². The van der Waals surface area contributed by atoms with Crippen molar-refractivity contribution in [1.29, 1.82) is 0 Å². The topological polar surface area (TPSA) is 18.5 Å². The van der Waals surface area contributed by atoms with Gasteiger partial charge in [0.25, 0.3) is 0 Å². The molecule has 21 heavy (non-hydrogen) atoms. The van der Waals surface area contributed by atoms with Gasteiger partial charge in [0, 0.05) is 6.61 Å². The molecule has 120 valence electrons. The highest BCUT2D eigenvalue weighted by Crippen LogP contribution is 2.24. The SMILES string of the molecule is CC(C)CO[Si](C)(C)OCc1c(F)c(F)c(F)c(F)c1F. The maximum absolute atomic E-state index is 13.5. The van der Waals surface area contributed by atoms with Crippen molar-refractivity contribution in [2.75, 3.05) is 6.61 Å². The fourth-order valence-corrected chi connectivity index (χ4v) is 2.74. The lowest BCUT2D eigenvalue weighted by molar-refractivity contribution is 0.151. The number of hydrogen-bond acceptors (Lipinski definition) is 2. The molecule has 0 bridgehead atoms. The van der Waals surface area contributed by atoms with Gasteiger partial charge in [-0.15, -0.1) is 0 Å². The molecule has 1 aromatic rings. The zero-order valence-electron chi connectivity index (χ0n) is 12.2. The highest BCUT2D eigenvalue weighted by atomic mass is 28.4. The maximum atomic E-state index is 13.5. The van der Waals surface area contributed by atoms with Crippen molar-refractivity contribution in [3.8, 4) is 0 Å². The molecule has 0 atom stereocenters. The van der Waals surface area contributed by atoms with Gasteiger partial charge in [0.15, 0.2) is 23.3 Å². The Hall–Kier alpha value is -0.993. The molecule has 0 radical (unpaired) electrons. The van der Waals surface area contributed by atoms with Crippen LogP contribution < -0.4 is 0 Å².